The number of nitriles is 1. The number of allylic oxidation sites excluding steroid dienone is 3. The number of carbonyl (C=O) groups is 1. The van der Waals surface area contributed by atoms with E-state index >= 15 is 0 Å². The standard InChI is InChI=1S/C32H30ClN3OS/c1-19-7-4-5-10-29(19)38-18-22-16-25(21(3)15-20(22)2)30-26(17-34)32(35)36(24-13-11-23(33)12-14-24)27-8-6-9-28(37)31(27)30/h4-5,7,10-16,30H,6,8-9,18,35H2,1-3H3. The molecule has 1 aliphatic carbocycles. The fraction of sp³-hybridized carbons (Fsp3) is 0.250. The van der Waals surface area contributed by atoms with Crippen LogP contribution in [0.2, 0.25) is 5.02 Å². The van der Waals surface area contributed by atoms with Crippen molar-refractivity contribution in [1.82, 2.24) is 0 Å². The number of halogens is 1. The predicted molar refractivity (Wildman–Crippen MR) is 156 cm³/mol. The summed E-state index contributed by atoms with van der Waals surface area (Å²) in [6, 6.07) is 22.5. The molecule has 1 unspecified atom stereocenters. The molecule has 3 aromatic carbocycles. The minimum absolute atomic E-state index is 0.0891. The zero-order chi connectivity index (χ0) is 27.0. The summed E-state index contributed by atoms with van der Waals surface area (Å²) in [4.78, 5) is 16.7. The zero-order valence-electron chi connectivity index (χ0n) is 21.8. The first-order valence-corrected chi connectivity index (χ1v) is 14.2. The molecule has 0 bridgehead atoms. The highest BCUT2D eigenvalue weighted by Gasteiger charge is 2.41. The Morgan fingerprint density at radius 2 is 1.76 bits per heavy atom. The summed E-state index contributed by atoms with van der Waals surface area (Å²) in [6.07, 6.45) is 1.96. The van der Waals surface area contributed by atoms with Gasteiger partial charge in [0.05, 0.1) is 17.6 Å². The number of benzene rings is 3. The van der Waals surface area contributed by atoms with Gasteiger partial charge >= 0.3 is 0 Å². The molecule has 0 saturated heterocycles. The number of hydrogen-bond acceptors (Lipinski definition) is 5. The summed E-state index contributed by atoms with van der Waals surface area (Å²) in [6.45, 7) is 6.31. The molecule has 0 aromatic heterocycles. The number of aryl methyl sites for hydroxylation is 3. The summed E-state index contributed by atoms with van der Waals surface area (Å²) in [5, 5.41) is 11.0. The maximum atomic E-state index is 13.5. The molecule has 5 rings (SSSR count). The average molecular weight is 540 g/mol. The monoisotopic (exact) mass is 539 g/mol. The molecule has 0 radical (unpaired) electrons. The second kappa shape index (κ2) is 10.7. The van der Waals surface area contributed by atoms with Crippen molar-refractivity contribution in [3.8, 4) is 6.07 Å². The Morgan fingerprint density at radius 1 is 1.03 bits per heavy atom. The van der Waals surface area contributed by atoms with Crippen LogP contribution in [0.25, 0.3) is 0 Å². The Balaban J connectivity index is 1.63. The Morgan fingerprint density at radius 3 is 2.47 bits per heavy atom. The largest absolute Gasteiger partial charge is 0.384 e. The summed E-state index contributed by atoms with van der Waals surface area (Å²) in [7, 11) is 0. The molecule has 0 saturated carbocycles. The van der Waals surface area contributed by atoms with E-state index in [2.05, 4.69) is 63.2 Å². The first kappa shape index (κ1) is 26.2. The number of nitrogens with zero attached hydrogens (tertiary/aromatic N) is 2. The van der Waals surface area contributed by atoms with Crippen molar-refractivity contribution >= 4 is 34.8 Å². The third-order valence-corrected chi connectivity index (χ3v) is 8.99. The number of thioether (sulfide) groups is 1. The molecule has 1 atom stereocenters. The van der Waals surface area contributed by atoms with Gasteiger partial charge < -0.3 is 5.73 Å². The van der Waals surface area contributed by atoms with Gasteiger partial charge in [-0.1, -0.05) is 41.9 Å². The van der Waals surface area contributed by atoms with E-state index in [0.717, 1.165) is 41.1 Å². The van der Waals surface area contributed by atoms with Gasteiger partial charge in [-0.2, -0.15) is 5.26 Å². The zero-order valence-corrected chi connectivity index (χ0v) is 23.4. The molecule has 2 N–H and O–H groups in total. The fourth-order valence-corrected chi connectivity index (χ4v) is 6.76. The lowest BCUT2D eigenvalue weighted by Gasteiger charge is -2.40. The van der Waals surface area contributed by atoms with Crippen molar-refractivity contribution in [2.75, 3.05) is 4.90 Å². The van der Waals surface area contributed by atoms with Gasteiger partial charge in [-0.3, -0.25) is 9.69 Å². The molecule has 3 aromatic rings. The molecular formula is C32H30ClN3OS. The molecule has 6 heteroatoms. The second-order valence-electron chi connectivity index (χ2n) is 9.98. The third-order valence-electron chi connectivity index (χ3n) is 7.51. The van der Waals surface area contributed by atoms with Gasteiger partial charge in [0.1, 0.15) is 5.82 Å². The molecule has 1 aliphatic heterocycles. The van der Waals surface area contributed by atoms with Crippen molar-refractivity contribution in [1.29, 1.82) is 5.26 Å². The lowest BCUT2D eigenvalue weighted by Crippen LogP contribution is -2.38. The van der Waals surface area contributed by atoms with Crippen molar-refractivity contribution in [2.24, 2.45) is 5.73 Å². The van der Waals surface area contributed by atoms with Crippen LogP contribution < -0.4 is 10.6 Å². The van der Waals surface area contributed by atoms with E-state index in [9.17, 15) is 10.1 Å². The number of hydrogen-bond donors (Lipinski definition) is 1. The van der Waals surface area contributed by atoms with E-state index in [1.54, 1.807) is 23.9 Å². The van der Waals surface area contributed by atoms with Gasteiger partial charge in [0.2, 0.25) is 0 Å². The minimum atomic E-state index is -0.478. The van der Waals surface area contributed by atoms with Crippen LogP contribution in [0.4, 0.5) is 5.69 Å². The van der Waals surface area contributed by atoms with Crippen LogP contribution in [0.3, 0.4) is 0 Å². The quantitative estimate of drug-likeness (QED) is 0.334. The normalized spacial score (nSPS) is 17.5. The minimum Gasteiger partial charge on any atom is -0.384 e. The fourth-order valence-electron chi connectivity index (χ4n) is 5.54. The number of nitrogens with two attached hydrogens (primary N) is 1. The topological polar surface area (TPSA) is 70.1 Å². The van der Waals surface area contributed by atoms with Crippen molar-refractivity contribution in [2.45, 2.75) is 56.6 Å². The number of carbonyl (C=O) groups excluding carboxylic acids is 1. The lowest BCUT2D eigenvalue weighted by atomic mass is 9.74. The average Bonchev–Trinajstić information content (AvgIpc) is 2.89. The van der Waals surface area contributed by atoms with Gasteiger partial charge in [0, 0.05) is 39.0 Å². The molecular weight excluding hydrogens is 510 g/mol. The summed E-state index contributed by atoms with van der Waals surface area (Å²) in [5.74, 6) is 0.790. The molecule has 0 fully saturated rings. The van der Waals surface area contributed by atoms with Crippen LogP contribution in [0.15, 0.2) is 88.2 Å². The summed E-state index contributed by atoms with van der Waals surface area (Å²) < 4.78 is 0. The predicted octanol–water partition coefficient (Wildman–Crippen LogP) is 7.86. The van der Waals surface area contributed by atoms with Crippen LogP contribution in [-0.2, 0) is 10.5 Å². The number of ketones is 1. The van der Waals surface area contributed by atoms with E-state index in [0.29, 0.717) is 28.4 Å². The highest BCUT2D eigenvalue weighted by atomic mass is 35.5. The van der Waals surface area contributed by atoms with E-state index in [1.807, 2.05) is 17.0 Å². The number of Topliss-reactive ketones (excluding diaryl/α,β-unsaturated/α-hetero) is 1. The van der Waals surface area contributed by atoms with Crippen molar-refractivity contribution < 1.29 is 4.79 Å². The first-order chi connectivity index (χ1) is 18.3. The van der Waals surface area contributed by atoms with Gasteiger partial charge in [-0.15, -0.1) is 11.8 Å². The summed E-state index contributed by atoms with van der Waals surface area (Å²) >= 11 is 7.95. The highest BCUT2D eigenvalue weighted by Crippen LogP contribution is 2.47. The lowest BCUT2D eigenvalue weighted by molar-refractivity contribution is -0.116. The summed E-state index contributed by atoms with van der Waals surface area (Å²) in [5.41, 5.74) is 15.2. The maximum Gasteiger partial charge on any atom is 0.161 e. The molecule has 0 spiro atoms. The Labute approximate surface area is 233 Å². The molecule has 2 aliphatic rings. The molecule has 4 nitrogen and oxygen atoms in total. The van der Waals surface area contributed by atoms with Crippen LogP contribution >= 0.6 is 23.4 Å². The van der Waals surface area contributed by atoms with Crippen LogP contribution in [0.5, 0.6) is 0 Å². The Bertz CT molecular complexity index is 1530. The molecule has 0 amide bonds. The van der Waals surface area contributed by atoms with E-state index in [4.69, 9.17) is 17.3 Å². The van der Waals surface area contributed by atoms with Crippen LogP contribution in [-0.4, -0.2) is 5.78 Å². The van der Waals surface area contributed by atoms with E-state index < -0.39 is 5.92 Å². The van der Waals surface area contributed by atoms with Crippen LogP contribution in [0.1, 0.15) is 53.0 Å². The van der Waals surface area contributed by atoms with E-state index in [-0.39, 0.29) is 5.78 Å². The number of rotatable bonds is 5. The van der Waals surface area contributed by atoms with Gasteiger partial charge in [0.15, 0.2) is 5.78 Å². The molecule has 38 heavy (non-hydrogen) atoms. The maximum absolute atomic E-state index is 13.5. The Kier molecular flexibility index (Phi) is 7.38. The van der Waals surface area contributed by atoms with Crippen molar-refractivity contribution in [3.63, 3.8) is 0 Å². The molecule has 1 heterocycles. The molecule has 192 valence electrons. The van der Waals surface area contributed by atoms with Gasteiger partial charge in [-0.05, 0) is 91.8 Å². The van der Waals surface area contributed by atoms with Crippen LogP contribution in [0, 0.1) is 32.1 Å². The SMILES string of the molecule is Cc1cc(C)c(C2C(C#N)=C(N)N(c3ccc(Cl)cc3)C3=C2C(=O)CCC3)cc1CSc1ccccc1C. The van der Waals surface area contributed by atoms with Gasteiger partial charge in [-0.25, -0.2) is 0 Å². The van der Waals surface area contributed by atoms with E-state index in [1.165, 1.54) is 21.6 Å². The highest BCUT2D eigenvalue weighted by molar-refractivity contribution is 7.98. The Hall–Kier alpha value is -3.46. The van der Waals surface area contributed by atoms with Crippen molar-refractivity contribution in [3.05, 3.63) is 116 Å². The number of anilines is 1. The third kappa shape index (κ3) is 4.75. The van der Waals surface area contributed by atoms with Gasteiger partial charge in [0.25, 0.3) is 0 Å². The smallest absolute Gasteiger partial charge is 0.161 e. The first-order valence-electron chi connectivity index (χ1n) is 12.8. The second-order valence-corrected chi connectivity index (χ2v) is 11.4.